The molecule has 2 aromatic rings. The average molecular weight is 288 g/mol. The Morgan fingerprint density at radius 2 is 2.05 bits per heavy atom. The van der Waals surface area contributed by atoms with Gasteiger partial charge in [0.1, 0.15) is 12.1 Å². The van der Waals surface area contributed by atoms with Crippen molar-refractivity contribution < 1.29 is 0 Å². The van der Waals surface area contributed by atoms with Crippen LogP contribution in [-0.2, 0) is 0 Å². The largest absolute Gasteiger partial charge is 0.354 e. The molecule has 0 radical (unpaired) electrons. The van der Waals surface area contributed by atoms with Crippen LogP contribution >= 0.6 is 11.3 Å². The number of hydrogen-bond donors (Lipinski definition) is 0. The molecule has 4 nitrogen and oxygen atoms in total. The van der Waals surface area contributed by atoms with Crippen molar-refractivity contribution in [2.45, 2.75) is 32.2 Å². The number of hydrogen-bond acceptors (Lipinski definition) is 5. The summed E-state index contributed by atoms with van der Waals surface area (Å²) in [5.41, 5.74) is 2.40. The van der Waals surface area contributed by atoms with Crippen molar-refractivity contribution in [3.05, 3.63) is 17.3 Å². The Hall–Kier alpha value is -1.20. The second-order valence-corrected chi connectivity index (χ2v) is 6.80. The van der Waals surface area contributed by atoms with E-state index in [4.69, 9.17) is 0 Å². The molecule has 0 aromatic carbocycles. The summed E-state index contributed by atoms with van der Waals surface area (Å²) in [6, 6.07) is 0.726. The summed E-state index contributed by atoms with van der Waals surface area (Å²) in [5.74, 6) is 1.15. The van der Waals surface area contributed by atoms with E-state index in [1.807, 2.05) is 0 Å². The number of likely N-dealkylation sites (tertiary alicyclic amines) is 1. The van der Waals surface area contributed by atoms with Gasteiger partial charge in [0.15, 0.2) is 0 Å². The van der Waals surface area contributed by atoms with Crippen molar-refractivity contribution in [1.29, 1.82) is 0 Å². The van der Waals surface area contributed by atoms with Crippen LogP contribution in [0, 0.1) is 6.92 Å². The number of anilines is 1. The first kappa shape index (κ1) is 12.5. The summed E-state index contributed by atoms with van der Waals surface area (Å²) in [7, 11) is 0. The highest BCUT2D eigenvalue weighted by Gasteiger charge is 2.30. The molecule has 4 heterocycles. The molecule has 0 unspecified atom stereocenters. The number of nitrogens with zero attached hydrogens (tertiary/aromatic N) is 4. The molecule has 0 aliphatic carbocycles. The van der Waals surface area contributed by atoms with Crippen LogP contribution < -0.4 is 4.90 Å². The van der Waals surface area contributed by atoms with E-state index in [2.05, 4.69) is 32.1 Å². The molecule has 2 aromatic heterocycles. The van der Waals surface area contributed by atoms with Crippen molar-refractivity contribution in [3.8, 4) is 0 Å². The summed E-state index contributed by atoms with van der Waals surface area (Å²) >= 11 is 1.78. The number of aryl methyl sites for hydroxylation is 1. The summed E-state index contributed by atoms with van der Waals surface area (Å²) in [5, 5.41) is 2.19. The Morgan fingerprint density at radius 3 is 2.90 bits per heavy atom. The summed E-state index contributed by atoms with van der Waals surface area (Å²) in [6.07, 6.45) is 5.74. The fourth-order valence-electron chi connectivity index (χ4n) is 3.52. The highest BCUT2D eigenvalue weighted by Crippen LogP contribution is 2.33. The van der Waals surface area contributed by atoms with E-state index in [-0.39, 0.29) is 0 Å². The zero-order chi connectivity index (χ0) is 13.5. The number of aromatic nitrogens is 2. The van der Waals surface area contributed by atoms with Gasteiger partial charge in [-0.05, 0) is 50.2 Å². The van der Waals surface area contributed by atoms with Gasteiger partial charge >= 0.3 is 0 Å². The zero-order valence-electron chi connectivity index (χ0n) is 11.9. The first-order valence-corrected chi connectivity index (χ1v) is 8.38. The van der Waals surface area contributed by atoms with Gasteiger partial charge in [-0.1, -0.05) is 0 Å². The van der Waals surface area contributed by atoms with Gasteiger partial charge in [-0.25, -0.2) is 9.97 Å². The molecule has 5 heteroatoms. The Kier molecular flexibility index (Phi) is 3.11. The topological polar surface area (TPSA) is 32.3 Å². The lowest BCUT2D eigenvalue weighted by atomic mass is 10.2. The Balaban J connectivity index is 1.61. The fraction of sp³-hybridized carbons (Fsp3) is 0.600. The smallest absolute Gasteiger partial charge is 0.150 e. The van der Waals surface area contributed by atoms with Crippen molar-refractivity contribution in [2.24, 2.45) is 0 Å². The minimum absolute atomic E-state index is 0.726. The highest BCUT2D eigenvalue weighted by molar-refractivity contribution is 7.18. The molecule has 0 saturated carbocycles. The van der Waals surface area contributed by atoms with Crippen LogP contribution in [0.25, 0.3) is 10.2 Å². The van der Waals surface area contributed by atoms with E-state index < -0.39 is 0 Å². The molecule has 2 fully saturated rings. The lowest BCUT2D eigenvalue weighted by molar-refractivity contribution is 0.260. The van der Waals surface area contributed by atoms with Gasteiger partial charge in [0.25, 0.3) is 0 Å². The molecule has 0 bridgehead atoms. The maximum Gasteiger partial charge on any atom is 0.150 e. The van der Waals surface area contributed by atoms with Gasteiger partial charge in [-0.3, -0.25) is 4.90 Å². The molecular weight excluding hydrogens is 268 g/mol. The molecule has 20 heavy (non-hydrogen) atoms. The molecule has 106 valence electrons. The third kappa shape index (κ3) is 2.00. The molecular formula is C15H20N4S. The molecule has 0 N–H and O–H groups in total. The van der Waals surface area contributed by atoms with Crippen molar-refractivity contribution in [2.75, 3.05) is 31.1 Å². The second kappa shape index (κ2) is 4.97. The predicted molar refractivity (Wildman–Crippen MR) is 83.6 cm³/mol. The first-order valence-electron chi connectivity index (χ1n) is 7.51. The van der Waals surface area contributed by atoms with Crippen LogP contribution in [0.1, 0.15) is 24.8 Å². The van der Waals surface area contributed by atoms with Crippen molar-refractivity contribution in [3.63, 3.8) is 0 Å². The number of thiophene rings is 1. The van der Waals surface area contributed by atoms with Crippen LogP contribution in [0.5, 0.6) is 0 Å². The Labute approximate surface area is 123 Å². The van der Waals surface area contributed by atoms with E-state index in [1.54, 1.807) is 17.7 Å². The molecule has 2 aliphatic heterocycles. The van der Waals surface area contributed by atoms with E-state index in [1.165, 1.54) is 42.6 Å². The van der Waals surface area contributed by atoms with Gasteiger partial charge in [0, 0.05) is 19.1 Å². The van der Waals surface area contributed by atoms with Crippen LogP contribution in [0.4, 0.5) is 5.82 Å². The summed E-state index contributed by atoms with van der Waals surface area (Å²) < 4.78 is 1.26. The van der Waals surface area contributed by atoms with Crippen molar-refractivity contribution >= 4 is 27.4 Å². The van der Waals surface area contributed by atoms with Gasteiger partial charge in [0.05, 0.1) is 10.2 Å². The average Bonchev–Trinajstić information content (AvgIpc) is 3.18. The third-order valence-electron chi connectivity index (χ3n) is 4.63. The van der Waals surface area contributed by atoms with Crippen molar-refractivity contribution in [1.82, 2.24) is 14.9 Å². The predicted octanol–water partition coefficient (Wildman–Crippen LogP) is 2.67. The molecule has 1 atom stereocenters. The SMILES string of the molecule is Cc1csc2c(N3CC[C@@H](N4CCCC4)C3)ncnc12. The minimum Gasteiger partial charge on any atom is -0.354 e. The van der Waals surface area contributed by atoms with E-state index in [0.29, 0.717) is 0 Å². The van der Waals surface area contributed by atoms with Gasteiger partial charge < -0.3 is 4.90 Å². The molecule has 0 spiro atoms. The molecule has 2 aliphatic rings. The summed E-state index contributed by atoms with van der Waals surface area (Å²) in [6.45, 7) is 6.96. The zero-order valence-corrected chi connectivity index (χ0v) is 12.7. The number of rotatable bonds is 2. The van der Waals surface area contributed by atoms with E-state index in [9.17, 15) is 0 Å². The first-order chi connectivity index (χ1) is 9.83. The van der Waals surface area contributed by atoms with Crippen LogP contribution in [0.2, 0.25) is 0 Å². The van der Waals surface area contributed by atoms with E-state index >= 15 is 0 Å². The van der Waals surface area contributed by atoms with Gasteiger partial charge in [-0.2, -0.15) is 0 Å². The Morgan fingerprint density at radius 1 is 1.20 bits per heavy atom. The fourth-order valence-corrected chi connectivity index (χ4v) is 4.54. The minimum atomic E-state index is 0.726. The Bertz CT molecular complexity index is 617. The lowest BCUT2D eigenvalue weighted by Crippen LogP contribution is -2.35. The highest BCUT2D eigenvalue weighted by atomic mass is 32.1. The van der Waals surface area contributed by atoms with Gasteiger partial charge in [0.2, 0.25) is 0 Å². The molecule has 2 saturated heterocycles. The maximum atomic E-state index is 4.57. The normalized spacial score (nSPS) is 24.1. The van der Waals surface area contributed by atoms with Gasteiger partial charge in [-0.15, -0.1) is 11.3 Å². The van der Waals surface area contributed by atoms with E-state index in [0.717, 1.165) is 30.5 Å². The molecule has 4 rings (SSSR count). The maximum absolute atomic E-state index is 4.57. The molecule has 0 amide bonds. The number of fused-ring (bicyclic) bond motifs is 1. The quantitative estimate of drug-likeness (QED) is 0.850. The van der Waals surface area contributed by atoms with Crippen LogP contribution in [0.15, 0.2) is 11.7 Å². The third-order valence-corrected chi connectivity index (χ3v) is 5.72. The standard InChI is InChI=1S/C15H20N4S/c1-11-9-20-14-13(11)16-10-17-15(14)19-7-4-12(8-19)18-5-2-3-6-18/h9-10,12H,2-8H2,1H3/t12-/m1/s1. The monoisotopic (exact) mass is 288 g/mol. The lowest BCUT2D eigenvalue weighted by Gasteiger charge is -2.24. The van der Waals surface area contributed by atoms with Crippen LogP contribution in [-0.4, -0.2) is 47.1 Å². The second-order valence-electron chi connectivity index (χ2n) is 5.93. The van der Waals surface area contributed by atoms with Crippen LogP contribution in [0.3, 0.4) is 0 Å². The summed E-state index contributed by atoms with van der Waals surface area (Å²) in [4.78, 5) is 14.1.